The summed E-state index contributed by atoms with van der Waals surface area (Å²) >= 11 is 5.83. The van der Waals surface area contributed by atoms with E-state index in [9.17, 15) is 14.3 Å². The molecule has 1 aliphatic rings. The van der Waals surface area contributed by atoms with Gasteiger partial charge in [0.15, 0.2) is 5.69 Å². The van der Waals surface area contributed by atoms with Gasteiger partial charge in [-0.3, -0.25) is 4.90 Å². The second-order valence-electron chi connectivity index (χ2n) is 9.38. The van der Waals surface area contributed by atoms with E-state index in [1.54, 1.807) is 35.9 Å². The maximum Gasteiger partial charge on any atom is 0.356 e. The van der Waals surface area contributed by atoms with E-state index in [0.717, 1.165) is 49.5 Å². The number of methoxy groups -OCH3 is 1. The number of piperidine rings is 1. The lowest BCUT2D eigenvalue weighted by Crippen LogP contribution is -2.33. The number of likely N-dealkylation sites (tertiary alicyclic amines) is 1. The third kappa shape index (κ3) is 5.82. The Morgan fingerprint density at radius 1 is 1.21 bits per heavy atom. The van der Waals surface area contributed by atoms with Crippen molar-refractivity contribution < 1.29 is 23.8 Å². The van der Waals surface area contributed by atoms with Gasteiger partial charge in [0, 0.05) is 54.5 Å². The van der Waals surface area contributed by atoms with Crippen molar-refractivity contribution in [3.8, 4) is 5.88 Å². The summed E-state index contributed by atoms with van der Waals surface area (Å²) in [7, 11) is 1.65. The monoisotopic (exact) mass is 541 g/mol. The quantitative estimate of drug-likeness (QED) is 0.313. The lowest BCUT2D eigenvalue weighted by Gasteiger charge is -2.31. The first kappa shape index (κ1) is 26.1. The third-order valence-electron chi connectivity index (χ3n) is 6.88. The maximum atomic E-state index is 14.1. The van der Waals surface area contributed by atoms with Crippen molar-refractivity contribution in [1.29, 1.82) is 0 Å². The van der Waals surface area contributed by atoms with Gasteiger partial charge in [0.1, 0.15) is 18.1 Å². The largest absolute Gasteiger partial charge is 0.476 e. The van der Waals surface area contributed by atoms with Gasteiger partial charge in [-0.1, -0.05) is 23.7 Å². The molecular formula is C27H29ClFN5O4. The van der Waals surface area contributed by atoms with E-state index in [2.05, 4.69) is 14.6 Å². The van der Waals surface area contributed by atoms with Crippen molar-refractivity contribution in [3.05, 3.63) is 82.1 Å². The number of ether oxygens (including phenoxy) is 2. The molecule has 4 heterocycles. The van der Waals surface area contributed by atoms with E-state index in [1.165, 1.54) is 6.07 Å². The summed E-state index contributed by atoms with van der Waals surface area (Å²) < 4.78 is 28.8. The van der Waals surface area contributed by atoms with Gasteiger partial charge in [-0.25, -0.2) is 18.7 Å². The zero-order valence-corrected chi connectivity index (χ0v) is 21.8. The highest BCUT2D eigenvalue weighted by Crippen LogP contribution is 2.29. The van der Waals surface area contributed by atoms with Crippen LogP contribution in [0.3, 0.4) is 0 Å². The molecule has 0 radical (unpaired) electrons. The summed E-state index contributed by atoms with van der Waals surface area (Å²) in [5, 5.41) is 13.8. The molecule has 11 heteroatoms. The molecule has 1 aromatic carbocycles. The minimum absolute atomic E-state index is 0.0236. The fourth-order valence-electron chi connectivity index (χ4n) is 4.86. The first-order chi connectivity index (χ1) is 18.4. The number of nitrogens with zero attached hydrogens (tertiary/aromatic N) is 5. The van der Waals surface area contributed by atoms with Crippen LogP contribution >= 0.6 is 11.6 Å². The van der Waals surface area contributed by atoms with Crippen molar-refractivity contribution in [2.24, 2.45) is 0 Å². The molecule has 200 valence electrons. The second kappa shape index (κ2) is 11.5. The average Bonchev–Trinajstić information content (AvgIpc) is 3.46. The van der Waals surface area contributed by atoms with Gasteiger partial charge < -0.3 is 19.1 Å². The molecule has 1 fully saturated rings. The van der Waals surface area contributed by atoms with Crippen LogP contribution in [0.4, 0.5) is 4.39 Å². The third-order valence-corrected chi connectivity index (χ3v) is 7.11. The number of benzene rings is 1. The predicted octanol–water partition coefficient (Wildman–Crippen LogP) is 4.63. The standard InChI is InChI=1S/C27H29ClFN5O4/c1-37-12-11-33-21(16-34-26(33)14-24(31-34)27(35)36)15-32-9-7-18(8-10-32)23-3-2-4-25(30-23)38-17-19-5-6-20(28)13-22(19)29/h2-6,13-14,16,18H,7-12,15,17H2,1H3,(H,35,36). The summed E-state index contributed by atoms with van der Waals surface area (Å²) in [4.78, 5) is 18.4. The number of hydrogen-bond acceptors (Lipinski definition) is 6. The van der Waals surface area contributed by atoms with Crippen LogP contribution in [-0.4, -0.2) is 61.9 Å². The molecule has 1 N–H and O–H groups in total. The first-order valence-corrected chi connectivity index (χ1v) is 12.8. The molecule has 1 saturated heterocycles. The Labute approximate surface area is 224 Å². The van der Waals surface area contributed by atoms with Crippen LogP contribution in [0.5, 0.6) is 5.88 Å². The fourth-order valence-corrected chi connectivity index (χ4v) is 5.01. The Bertz CT molecular complexity index is 1430. The van der Waals surface area contributed by atoms with Crippen molar-refractivity contribution in [2.75, 3.05) is 26.8 Å². The number of halogens is 2. The van der Waals surface area contributed by atoms with Gasteiger partial charge in [-0.15, -0.1) is 0 Å². The van der Waals surface area contributed by atoms with E-state index in [-0.39, 0.29) is 12.3 Å². The van der Waals surface area contributed by atoms with Crippen molar-refractivity contribution in [3.63, 3.8) is 0 Å². The topological polar surface area (TPSA) is 94.1 Å². The highest BCUT2D eigenvalue weighted by Gasteiger charge is 2.24. The fraction of sp³-hybridized carbons (Fsp3) is 0.370. The number of aromatic nitrogens is 4. The summed E-state index contributed by atoms with van der Waals surface area (Å²) in [5.41, 5.74) is 3.22. The molecule has 0 aliphatic carbocycles. The van der Waals surface area contributed by atoms with Crippen LogP contribution in [0.1, 0.15) is 46.2 Å². The number of hydrogen-bond donors (Lipinski definition) is 1. The number of imidazole rings is 1. The molecule has 4 aromatic rings. The Morgan fingerprint density at radius 3 is 2.76 bits per heavy atom. The first-order valence-electron chi connectivity index (χ1n) is 12.5. The van der Waals surface area contributed by atoms with E-state index in [4.69, 9.17) is 26.1 Å². The Kier molecular flexibility index (Phi) is 7.92. The van der Waals surface area contributed by atoms with Crippen LogP contribution in [0.25, 0.3) is 5.65 Å². The molecule has 3 aromatic heterocycles. The zero-order chi connectivity index (χ0) is 26.6. The van der Waals surface area contributed by atoms with Crippen molar-refractivity contribution in [1.82, 2.24) is 24.1 Å². The summed E-state index contributed by atoms with van der Waals surface area (Å²) in [6.07, 6.45) is 3.79. The van der Waals surface area contributed by atoms with Crippen molar-refractivity contribution >= 4 is 23.2 Å². The van der Waals surface area contributed by atoms with E-state index >= 15 is 0 Å². The Hall–Kier alpha value is -3.47. The molecule has 0 unspecified atom stereocenters. The van der Waals surface area contributed by atoms with Gasteiger partial charge >= 0.3 is 5.97 Å². The van der Waals surface area contributed by atoms with E-state index < -0.39 is 11.8 Å². The Morgan fingerprint density at radius 2 is 2.03 bits per heavy atom. The smallest absolute Gasteiger partial charge is 0.356 e. The SMILES string of the molecule is COCCn1c(CN2CCC(c3cccc(OCc4ccc(Cl)cc4F)n3)CC2)cn2nc(C(=O)O)cc12. The highest BCUT2D eigenvalue weighted by molar-refractivity contribution is 6.30. The number of carboxylic acid groups (broad SMARTS) is 1. The number of carboxylic acids is 1. The van der Waals surface area contributed by atoms with Gasteiger partial charge in [0.05, 0.1) is 18.5 Å². The normalized spacial score (nSPS) is 14.8. The molecule has 0 atom stereocenters. The molecule has 9 nitrogen and oxygen atoms in total. The second-order valence-corrected chi connectivity index (χ2v) is 9.81. The number of aromatic carboxylic acids is 1. The molecule has 0 spiro atoms. The lowest BCUT2D eigenvalue weighted by atomic mass is 9.93. The van der Waals surface area contributed by atoms with Crippen LogP contribution in [0.15, 0.2) is 48.7 Å². The lowest BCUT2D eigenvalue weighted by molar-refractivity contribution is 0.0690. The maximum absolute atomic E-state index is 14.1. The summed E-state index contributed by atoms with van der Waals surface area (Å²) in [6, 6.07) is 11.8. The minimum Gasteiger partial charge on any atom is -0.476 e. The summed E-state index contributed by atoms with van der Waals surface area (Å²) in [6.45, 7) is 3.72. The van der Waals surface area contributed by atoms with Crippen molar-refractivity contribution in [2.45, 2.75) is 38.5 Å². The predicted molar refractivity (Wildman–Crippen MR) is 139 cm³/mol. The number of carbonyl (C=O) groups is 1. The van der Waals surface area contributed by atoms with Gasteiger partial charge in [0.2, 0.25) is 5.88 Å². The molecule has 5 rings (SSSR count). The minimum atomic E-state index is -1.05. The number of pyridine rings is 1. The molecule has 0 bridgehead atoms. The Balaban J connectivity index is 1.21. The summed E-state index contributed by atoms with van der Waals surface area (Å²) in [5.74, 6) is -0.669. The van der Waals surface area contributed by atoms with Crippen LogP contribution < -0.4 is 4.74 Å². The van der Waals surface area contributed by atoms with E-state index in [1.807, 2.05) is 18.3 Å². The van der Waals surface area contributed by atoms with E-state index in [0.29, 0.717) is 35.5 Å². The molecule has 38 heavy (non-hydrogen) atoms. The van der Waals surface area contributed by atoms with Gasteiger partial charge in [0.25, 0.3) is 0 Å². The molecule has 1 aliphatic heterocycles. The van der Waals surface area contributed by atoms with Crippen LogP contribution in [0.2, 0.25) is 5.02 Å². The number of fused-ring (bicyclic) bond motifs is 1. The average molecular weight is 542 g/mol. The van der Waals surface area contributed by atoms with Crippen LogP contribution in [0, 0.1) is 5.82 Å². The zero-order valence-electron chi connectivity index (χ0n) is 21.0. The molecular weight excluding hydrogens is 513 g/mol. The van der Waals surface area contributed by atoms with Gasteiger partial charge in [-0.05, 0) is 44.1 Å². The highest BCUT2D eigenvalue weighted by atomic mass is 35.5. The van der Waals surface area contributed by atoms with Crippen LogP contribution in [-0.2, 0) is 24.4 Å². The van der Waals surface area contributed by atoms with Gasteiger partial charge in [-0.2, -0.15) is 5.10 Å². The number of rotatable bonds is 10. The molecule has 0 amide bonds. The molecule has 0 saturated carbocycles.